The molecule has 16 heavy (non-hydrogen) atoms. The molecule has 0 radical (unpaired) electrons. The standard InChI is InChI=1S/C11H9F2N3/c12-7-2-3-8(9(13)6-7)10(14)11-15-4-1-5-16-11/h1-6,10H,14H2. The number of aromatic nitrogens is 2. The van der Waals surface area contributed by atoms with Crippen molar-refractivity contribution < 1.29 is 8.78 Å². The van der Waals surface area contributed by atoms with Gasteiger partial charge in [0.2, 0.25) is 0 Å². The van der Waals surface area contributed by atoms with Crippen molar-refractivity contribution in [1.82, 2.24) is 9.97 Å². The van der Waals surface area contributed by atoms with Gasteiger partial charge in [-0.3, -0.25) is 0 Å². The van der Waals surface area contributed by atoms with Crippen molar-refractivity contribution in [3.05, 3.63) is 59.7 Å². The van der Waals surface area contributed by atoms with Gasteiger partial charge in [0.15, 0.2) is 0 Å². The highest BCUT2D eigenvalue weighted by Crippen LogP contribution is 2.19. The fourth-order valence-electron chi connectivity index (χ4n) is 1.36. The van der Waals surface area contributed by atoms with Gasteiger partial charge in [-0.2, -0.15) is 0 Å². The number of halogens is 2. The first-order valence-corrected chi connectivity index (χ1v) is 4.66. The van der Waals surface area contributed by atoms with Crippen LogP contribution in [0.25, 0.3) is 0 Å². The lowest BCUT2D eigenvalue weighted by Crippen LogP contribution is -2.16. The van der Waals surface area contributed by atoms with E-state index in [0.717, 1.165) is 12.1 Å². The molecule has 3 nitrogen and oxygen atoms in total. The normalized spacial score (nSPS) is 12.4. The summed E-state index contributed by atoms with van der Waals surface area (Å²) in [6.45, 7) is 0. The third-order valence-corrected chi connectivity index (χ3v) is 2.16. The fourth-order valence-corrected chi connectivity index (χ4v) is 1.36. The molecule has 1 atom stereocenters. The van der Waals surface area contributed by atoms with Gasteiger partial charge < -0.3 is 5.73 Å². The van der Waals surface area contributed by atoms with Gasteiger partial charge in [-0.15, -0.1) is 0 Å². The Balaban J connectivity index is 2.38. The molecule has 0 spiro atoms. The van der Waals surface area contributed by atoms with Crippen molar-refractivity contribution in [3.8, 4) is 0 Å². The Morgan fingerprint density at radius 3 is 2.44 bits per heavy atom. The second-order valence-corrected chi connectivity index (χ2v) is 3.25. The lowest BCUT2D eigenvalue weighted by atomic mass is 10.1. The maximum absolute atomic E-state index is 13.4. The lowest BCUT2D eigenvalue weighted by Gasteiger charge is -2.10. The van der Waals surface area contributed by atoms with Crippen LogP contribution in [0.3, 0.4) is 0 Å². The molecule has 2 aromatic rings. The van der Waals surface area contributed by atoms with E-state index in [4.69, 9.17) is 5.73 Å². The average molecular weight is 221 g/mol. The summed E-state index contributed by atoms with van der Waals surface area (Å²) < 4.78 is 26.1. The molecular formula is C11H9F2N3. The second-order valence-electron chi connectivity index (χ2n) is 3.25. The zero-order valence-corrected chi connectivity index (χ0v) is 8.27. The summed E-state index contributed by atoms with van der Waals surface area (Å²) in [6, 6.07) is 4.09. The molecule has 1 aromatic heterocycles. The van der Waals surface area contributed by atoms with Crippen LogP contribution in [0.5, 0.6) is 0 Å². The van der Waals surface area contributed by atoms with Crippen LogP contribution in [0.15, 0.2) is 36.7 Å². The van der Waals surface area contributed by atoms with Crippen LogP contribution in [0.2, 0.25) is 0 Å². The van der Waals surface area contributed by atoms with Crippen molar-refractivity contribution >= 4 is 0 Å². The van der Waals surface area contributed by atoms with Gasteiger partial charge in [-0.05, 0) is 12.1 Å². The van der Waals surface area contributed by atoms with Crippen molar-refractivity contribution in [2.75, 3.05) is 0 Å². The van der Waals surface area contributed by atoms with Crippen molar-refractivity contribution in [2.45, 2.75) is 6.04 Å². The Morgan fingerprint density at radius 2 is 1.81 bits per heavy atom. The van der Waals surface area contributed by atoms with Gasteiger partial charge >= 0.3 is 0 Å². The second kappa shape index (κ2) is 4.32. The molecule has 0 aliphatic carbocycles. The number of rotatable bonds is 2. The molecule has 0 aliphatic rings. The maximum atomic E-state index is 13.4. The van der Waals surface area contributed by atoms with Crippen LogP contribution in [0.4, 0.5) is 8.78 Å². The number of nitrogens with two attached hydrogens (primary N) is 1. The highest BCUT2D eigenvalue weighted by atomic mass is 19.1. The molecule has 1 unspecified atom stereocenters. The van der Waals surface area contributed by atoms with Crippen LogP contribution < -0.4 is 5.73 Å². The van der Waals surface area contributed by atoms with E-state index in [1.165, 1.54) is 18.5 Å². The first-order chi connectivity index (χ1) is 7.68. The largest absolute Gasteiger partial charge is 0.318 e. The molecule has 0 bridgehead atoms. The van der Waals surface area contributed by atoms with Gasteiger partial charge in [0.05, 0.1) is 6.04 Å². The van der Waals surface area contributed by atoms with Gasteiger partial charge in [-0.25, -0.2) is 18.7 Å². The summed E-state index contributed by atoms with van der Waals surface area (Å²) >= 11 is 0. The van der Waals surface area contributed by atoms with Crippen LogP contribution in [0.1, 0.15) is 17.4 Å². The number of hydrogen-bond acceptors (Lipinski definition) is 3. The Kier molecular flexibility index (Phi) is 2.87. The number of benzene rings is 1. The highest BCUT2D eigenvalue weighted by Gasteiger charge is 2.15. The number of hydrogen-bond donors (Lipinski definition) is 1. The van der Waals surface area contributed by atoms with E-state index < -0.39 is 17.7 Å². The topological polar surface area (TPSA) is 51.8 Å². The quantitative estimate of drug-likeness (QED) is 0.841. The Hall–Kier alpha value is -1.88. The van der Waals surface area contributed by atoms with Gasteiger partial charge in [0, 0.05) is 24.0 Å². The summed E-state index contributed by atoms with van der Waals surface area (Å²) in [5, 5.41) is 0. The van der Waals surface area contributed by atoms with E-state index in [1.807, 2.05) is 0 Å². The molecule has 0 saturated heterocycles. The highest BCUT2D eigenvalue weighted by molar-refractivity contribution is 5.26. The van der Waals surface area contributed by atoms with Crippen molar-refractivity contribution in [3.63, 3.8) is 0 Å². The van der Waals surface area contributed by atoms with E-state index in [9.17, 15) is 8.78 Å². The molecule has 5 heteroatoms. The molecule has 1 aromatic carbocycles. The first kappa shape index (κ1) is 10.6. The lowest BCUT2D eigenvalue weighted by molar-refractivity contribution is 0.562. The summed E-state index contributed by atoms with van der Waals surface area (Å²) in [4.78, 5) is 7.84. The molecule has 82 valence electrons. The van der Waals surface area contributed by atoms with Crippen molar-refractivity contribution in [1.29, 1.82) is 0 Å². The molecule has 2 rings (SSSR count). The third kappa shape index (κ3) is 2.04. The zero-order chi connectivity index (χ0) is 11.5. The van der Waals surface area contributed by atoms with Gasteiger partial charge in [-0.1, -0.05) is 6.07 Å². The summed E-state index contributed by atoms with van der Waals surface area (Å²) in [5.74, 6) is -1.03. The Bertz CT molecular complexity index is 488. The maximum Gasteiger partial charge on any atom is 0.149 e. The summed E-state index contributed by atoms with van der Waals surface area (Å²) in [6.07, 6.45) is 3.03. The molecule has 0 amide bonds. The van der Waals surface area contributed by atoms with Crippen LogP contribution in [0, 0.1) is 11.6 Å². The van der Waals surface area contributed by atoms with E-state index in [0.29, 0.717) is 5.82 Å². The molecule has 1 heterocycles. The van der Waals surface area contributed by atoms with E-state index in [1.54, 1.807) is 6.07 Å². The van der Waals surface area contributed by atoms with Crippen LogP contribution in [-0.4, -0.2) is 9.97 Å². The van der Waals surface area contributed by atoms with Gasteiger partial charge in [0.25, 0.3) is 0 Å². The predicted molar refractivity (Wildman–Crippen MR) is 54.4 cm³/mol. The predicted octanol–water partition coefficient (Wildman–Crippen LogP) is 1.80. The summed E-state index contributed by atoms with van der Waals surface area (Å²) in [7, 11) is 0. The fraction of sp³-hybridized carbons (Fsp3) is 0.0909. The van der Waals surface area contributed by atoms with Gasteiger partial charge in [0.1, 0.15) is 17.5 Å². The molecular weight excluding hydrogens is 212 g/mol. The minimum Gasteiger partial charge on any atom is -0.318 e. The van der Waals surface area contributed by atoms with Crippen molar-refractivity contribution in [2.24, 2.45) is 5.73 Å². The molecule has 0 fully saturated rings. The van der Waals surface area contributed by atoms with Crippen LogP contribution in [-0.2, 0) is 0 Å². The average Bonchev–Trinajstić information content (AvgIpc) is 2.29. The van der Waals surface area contributed by atoms with E-state index in [-0.39, 0.29) is 5.56 Å². The van der Waals surface area contributed by atoms with E-state index in [2.05, 4.69) is 9.97 Å². The van der Waals surface area contributed by atoms with Crippen LogP contribution >= 0.6 is 0 Å². The SMILES string of the molecule is NC(c1ncccn1)c1ccc(F)cc1F. The molecule has 0 saturated carbocycles. The summed E-state index contributed by atoms with van der Waals surface area (Å²) in [5.41, 5.74) is 5.95. The zero-order valence-electron chi connectivity index (χ0n) is 8.27. The smallest absolute Gasteiger partial charge is 0.149 e. The Morgan fingerprint density at radius 1 is 1.12 bits per heavy atom. The Labute approximate surface area is 91.0 Å². The molecule has 0 aliphatic heterocycles. The minimum absolute atomic E-state index is 0.174. The number of nitrogens with zero attached hydrogens (tertiary/aromatic N) is 2. The monoisotopic (exact) mass is 221 g/mol. The van der Waals surface area contributed by atoms with E-state index >= 15 is 0 Å². The minimum atomic E-state index is -0.790. The molecule has 2 N–H and O–H groups in total. The third-order valence-electron chi connectivity index (χ3n) is 2.16. The first-order valence-electron chi connectivity index (χ1n) is 4.66.